The van der Waals surface area contributed by atoms with Gasteiger partial charge in [-0.3, -0.25) is 0 Å². The third-order valence-electron chi connectivity index (χ3n) is 1.94. The van der Waals surface area contributed by atoms with Gasteiger partial charge in [-0.25, -0.2) is 9.59 Å². The number of carboxylic acid groups (broad SMARTS) is 1. The van der Waals surface area contributed by atoms with Gasteiger partial charge in [0, 0.05) is 0 Å². The Kier molecular flexibility index (Phi) is 3.88. The molecule has 0 radical (unpaired) electrons. The fourth-order valence-electron chi connectivity index (χ4n) is 1.22. The Hall–Kier alpha value is -2.04. The van der Waals surface area contributed by atoms with Crippen LogP contribution in [0.1, 0.15) is 27.6 Å². The van der Waals surface area contributed by atoms with Crippen molar-refractivity contribution in [3.8, 4) is 5.75 Å². The van der Waals surface area contributed by atoms with Crippen molar-refractivity contribution >= 4 is 11.9 Å². The van der Waals surface area contributed by atoms with Gasteiger partial charge in [-0.15, -0.1) is 0 Å². The molecule has 0 aliphatic rings. The maximum Gasteiger partial charge on any atom is 0.339 e. The zero-order valence-corrected chi connectivity index (χ0v) is 9.02. The molecule has 0 heterocycles. The van der Waals surface area contributed by atoms with E-state index in [1.54, 1.807) is 6.92 Å². The molecular formula is C11H12O5. The molecule has 0 fully saturated rings. The molecule has 0 saturated carbocycles. The summed E-state index contributed by atoms with van der Waals surface area (Å²) < 4.78 is 9.63. The van der Waals surface area contributed by atoms with Crippen LogP contribution in [-0.4, -0.2) is 30.8 Å². The molecule has 1 aromatic rings. The second-order valence-electron chi connectivity index (χ2n) is 2.94. The predicted octanol–water partition coefficient (Wildman–Crippen LogP) is 1.57. The number of carboxylic acids is 1. The van der Waals surface area contributed by atoms with Gasteiger partial charge in [0.25, 0.3) is 0 Å². The molecule has 0 amide bonds. The molecule has 0 spiro atoms. The molecule has 1 aromatic carbocycles. The summed E-state index contributed by atoms with van der Waals surface area (Å²) >= 11 is 0. The van der Waals surface area contributed by atoms with Crippen LogP contribution in [0, 0.1) is 0 Å². The Morgan fingerprint density at radius 3 is 2.56 bits per heavy atom. The van der Waals surface area contributed by atoms with Crippen molar-refractivity contribution in [1.29, 1.82) is 0 Å². The zero-order chi connectivity index (χ0) is 12.1. The monoisotopic (exact) mass is 224 g/mol. The second kappa shape index (κ2) is 5.16. The molecule has 0 unspecified atom stereocenters. The molecule has 5 nitrogen and oxygen atoms in total. The van der Waals surface area contributed by atoms with Crippen molar-refractivity contribution in [1.82, 2.24) is 0 Å². The van der Waals surface area contributed by atoms with Gasteiger partial charge in [-0.05, 0) is 25.1 Å². The number of benzene rings is 1. The molecule has 16 heavy (non-hydrogen) atoms. The van der Waals surface area contributed by atoms with Crippen LogP contribution in [0.2, 0.25) is 0 Å². The number of methoxy groups -OCH3 is 1. The minimum Gasteiger partial charge on any atom is -0.496 e. The molecule has 1 rings (SSSR count). The van der Waals surface area contributed by atoms with Crippen molar-refractivity contribution in [2.24, 2.45) is 0 Å². The predicted molar refractivity (Wildman–Crippen MR) is 55.9 cm³/mol. The topological polar surface area (TPSA) is 72.8 Å². The van der Waals surface area contributed by atoms with Crippen LogP contribution in [0.4, 0.5) is 0 Å². The molecule has 86 valence electrons. The van der Waals surface area contributed by atoms with Gasteiger partial charge in [-0.2, -0.15) is 0 Å². The molecule has 0 saturated heterocycles. The summed E-state index contributed by atoms with van der Waals surface area (Å²) in [6.07, 6.45) is 0. The second-order valence-corrected chi connectivity index (χ2v) is 2.94. The highest BCUT2D eigenvalue weighted by molar-refractivity contribution is 5.96. The summed E-state index contributed by atoms with van der Waals surface area (Å²) in [5, 5.41) is 8.90. The molecule has 1 N–H and O–H groups in total. The maximum atomic E-state index is 11.4. The molecular weight excluding hydrogens is 212 g/mol. The summed E-state index contributed by atoms with van der Waals surface area (Å²) in [6.45, 7) is 1.92. The van der Waals surface area contributed by atoms with E-state index in [1.807, 2.05) is 0 Å². The fraction of sp³-hybridized carbons (Fsp3) is 0.273. The van der Waals surface area contributed by atoms with E-state index in [0.717, 1.165) is 0 Å². The number of rotatable bonds is 4. The average Bonchev–Trinajstić information content (AvgIpc) is 2.28. The lowest BCUT2D eigenvalue weighted by Crippen LogP contribution is -2.08. The van der Waals surface area contributed by atoms with Gasteiger partial charge in [0.15, 0.2) is 0 Å². The highest BCUT2D eigenvalue weighted by atomic mass is 16.5. The standard InChI is InChI=1S/C11H12O5/c1-3-16-11(14)7-4-5-9(15-2)8(6-7)10(12)13/h4-6H,3H2,1-2H3,(H,12,13). The Bertz CT molecular complexity index is 411. The van der Waals surface area contributed by atoms with E-state index in [1.165, 1.54) is 25.3 Å². The lowest BCUT2D eigenvalue weighted by atomic mass is 10.1. The van der Waals surface area contributed by atoms with Gasteiger partial charge in [0.05, 0.1) is 19.3 Å². The highest BCUT2D eigenvalue weighted by Crippen LogP contribution is 2.20. The van der Waals surface area contributed by atoms with Crippen molar-refractivity contribution in [2.75, 3.05) is 13.7 Å². The molecule has 0 bridgehead atoms. The summed E-state index contributed by atoms with van der Waals surface area (Å²) in [4.78, 5) is 22.2. The normalized spacial score (nSPS) is 9.62. The van der Waals surface area contributed by atoms with E-state index in [9.17, 15) is 9.59 Å². The first-order valence-electron chi connectivity index (χ1n) is 4.68. The van der Waals surface area contributed by atoms with E-state index >= 15 is 0 Å². The Morgan fingerprint density at radius 1 is 1.38 bits per heavy atom. The summed E-state index contributed by atoms with van der Waals surface area (Å²) in [6, 6.07) is 4.12. The largest absolute Gasteiger partial charge is 0.496 e. The van der Waals surface area contributed by atoms with Crippen molar-refractivity contribution in [3.63, 3.8) is 0 Å². The Balaban J connectivity index is 3.11. The van der Waals surface area contributed by atoms with E-state index in [0.29, 0.717) is 0 Å². The number of hydrogen-bond acceptors (Lipinski definition) is 4. The van der Waals surface area contributed by atoms with Crippen molar-refractivity contribution in [3.05, 3.63) is 29.3 Å². The highest BCUT2D eigenvalue weighted by Gasteiger charge is 2.15. The molecule has 0 aromatic heterocycles. The smallest absolute Gasteiger partial charge is 0.339 e. The van der Waals surface area contributed by atoms with Gasteiger partial charge in [0.2, 0.25) is 0 Å². The van der Waals surface area contributed by atoms with Crippen molar-refractivity contribution in [2.45, 2.75) is 6.92 Å². The average molecular weight is 224 g/mol. The lowest BCUT2D eigenvalue weighted by Gasteiger charge is -2.07. The number of aromatic carboxylic acids is 1. The first kappa shape index (κ1) is 12.0. The van der Waals surface area contributed by atoms with Gasteiger partial charge < -0.3 is 14.6 Å². The Morgan fingerprint density at radius 2 is 2.06 bits per heavy atom. The SMILES string of the molecule is CCOC(=O)c1ccc(OC)c(C(=O)O)c1. The third-order valence-corrected chi connectivity index (χ3v) is 1.94. The number of carbonyl (C=O) groups excluding carboxylic acids is 1. The first-order chi connectivity index (χ1) is 7.60. The number of carbonyl (C=O) groups is 2. The first-order valence-corrected chi connectivity index (χ1v) is 4.68. The zero-order valence-electron chi connectivity index (χ0n) is 9.02. The van der Waals surface area contributed by atoms with Crippen molar-refractivity contribution < 1.29 is 24.2 Å². The van der Waals surface area contributed by atoms with E-state index in [4.69, 9.17) is 14.6 Å². The minimum absolute atomic E-state index is 0.0620. The van der Waals surface area contributed by atoms with Gasteiger partial charge in [-0.1, -0.05) is 0 Å². The molecule has 0 aliphatic heterocycles. The number of hydrogen-bond donors (Lipinski definition) is 1. The maximum absolute atomic E-state index is 11.4. The van der Waals surface area contributed by atoms with Crippen LogP contribution in [0.25, 0.3) is 0 Å². The number of esters is 1. The van der Waals surface area contributed by atoms with Crippen LogP contribution < -0.4 is 4.74 Å². The van der Waals surface area contributed by atoms with Crippen LogP contribution in [0.15, 0.2) is 18.2 Å². The molecule has 0 aliphatic carbocycles. The van der Waals surface area contributed by atoms with E-state index < -0.39 is 11.9 Å². The lowest BCUT2D eigenvalue weighted by molar-refractivity contribution is 0.0526. The fourth-order valence-corrected chi connectivity index (χ4v) is 1.22. The van der Waals surface area contributed by atoms with Crippen LogP contribution in [0.5, 0.6) is 5.75 Å². The number of ether oxygens (including phenoxy) is 2. The summed E-state index contributed by atoms with van der Waals surface area (Å²) in [5.74, 6) is -1.49. The van der Waals surface area contributed by atoms with E-state index in [2.05, 4.69) is 0 Å². The minimum atomic E-state index is -1.15. The van der Waals surface area contributed by atoms with E-state index in [-0.39, 0.29) is 23.5 Å². The van der Waals surface area contributed by atoms with Crippen LogP contribution >= 0.6 is 0 Å². The molecule has 0 atom stereocenters. The quantitative estimate of drug-likeness (QED) is 0.786. The summed E-state index contributed by atoms with van der Waals surface area (Å²) in [5.41, 5.74) is 0.133. The van der Waals surface area contributed by atoms with Crippen LogP contribution in [-0.2, 0) is 4.74 Å². The van der Waals surface area contributed by atoms with Crippen LogP contribution in [0.3, 0.4) is 0 Å². The molecule has 5 heteroatoms. The van der Waals surface area contributed by atoms with Gasteiger partial charge >= 0.3 is 11.9 Å². The van der Waals surface area contributed by atoms with Gasteiger partial charge in [0.1, 0.15) is 11.3 Å². The summed E-state index contributed by atoms with van der Waals surface area (Å²) in [7, 11) is 1.37. The third kappa shape index (κ3) is 2.50. The Labute approximate surface area is 92.6 Å².